The maximum atomic E-state index is 12.1. The van der Waals surface area contributed by atoms with E-state index >= 15 is 0 Å². The molecule has 10 heteroatoms. The van der Waals surface area contributed by atoms with Gasteiger partial charge in [-0.2, -0.15) is 0 Å². The average Bonchev–Trinajstić information content (AvgIpc) is 2.75. The van der Waals surface area contributed by atoms with E-state index in [1.807, 2.05) is 0 Å². The second-order valence-electron chi connectivity index (χ2n) is 5.98. The van der Waals surface area contributed by atoms with Gasteiger partial charge in [-0.1, -0.05) is 41.4 Å². The molecule has 2 aromatic rings. The van der Waals surface area contributed by atoms with Crippen LogP contribution in [-0.2, 0) is 19.1 Å². The number of carbonyl (C=O) groups excluding carboxylic acids is 3. The van der Waals surface area contributed by atoms with Crippen molar-refractivity contribution < 1.29 is 28.6 Å². The molecule has 1 atom stereocenters. The quantitative estimate of drug-likeness (QED) is 0.412. The first-order valence-electron chi connectivity index (χ1n) is 8.70. The van der Waals surface area contributed by atoms with Gasteiger partial charge in [0.1, 0.15) is 6.61 Å². The number of ether oxygens (including phenoxy) is 3. The third-order valence-corrected chi connectivity index (χ3v) is 4.52. The third-order valence-electron chi connectivity index (χ3n) is 3.86. The molecule has 2 amide bonds. The van der Waals surface area contributed by atoms with Gasteiger partial charge in [0.05, 0.1) is 0 Å². The zero-order chi connectivity index (χ0) is 21.5. The van der Waals surface area contributed by atoms with Crippen LogP contribution in [0, 0.1) is 0 Å². The number of halogens is 2. The Hall–Kier alpha value is -3.23. The molecule has 1 aliphatic heterocycles. The number of benzene rings is 2. The van der Waals surface area contributed by atoms with E-state index in [2.05, 4.69) is 10.9 Å². The second kappa shape index (κ2) is 10.00. The standard InChI is InChI=1S/C20H16Cl2N2O6/c21-13-4-3-5-14(22)12(13)8-9-19(26)29-11-18(25)23-24-20(27)17-10-28-15-6-1-2-7-16(15)30-17/h1-9,17H,10-11H2,(H,23,25)(H,24,27)/b9-8+. The van der Waals surface area contributed by atoms with Gasteiger partial charge < -0.3 is 14.2 Å². The minimum atomic E-state index is -0.939. The van der Waals surface area contributed by atoms with Gasteiger partial charge in [0.15, 0.2) is 18.1 Å². The van der Waals surface area contributed by atoms with Crippen molar-refractivity contribution in [2.45, 2.75) is 6.10 Å². The normalized spacial score (nSPS) is 14.8. The summed E-state index contributed by atoms with van der Waals surface area (Å²) in [5, 5.41) is 0.729. The zero-order valence-electron chi connectivity index (χ0n) is 15.4. The van der Waals surface area contributed by atoms with E-state index in [1.165, 1.54) is 6.08 Å². The van der Waals surface area contributed by atoms with Gasteiger partial charge in [-0.3, -0.25) is 20.4 Å². The number of esters is 1. The molecule has 30 heavy (non-hydrogen) atoms. The first-order chi connectivity index (χ1) is 14.4. The predicted octanol–water partition coefficient (Wildman–Crippen LogP) is 2.54. The van der Waals surface area contributed by atoms with Crippen molar-refractivity contribution in [3.8, 4) is 11.5 Å². The summed E-state index contributed by atoms with van der Waals surface area (Å²) in [5.41, 5.74) is 4.78. The van der Waals surface area contributed by atoms with E-state index in [9.17, 15) is 14.4 Å². The van der Waals surface area contributed by atoms with Gasteiger partial charge in [-0.25, -0.2) is 4.79 Å². The lowest BCUT2D eigenvalue weighted by atomic mass is 10.2. The topological polar surface area (TPSA) is 103 Å². The summed E-state index contributed by atoms with van der Waals surface area (Å²) in [6.07, 6.45) is 1.53. The Morgan fingerprint density at radius 1 is 1.03 bits per heavy atom. The molecule has 0 fully saturated rings. The molecule has 156 valence electrons. The number of fused-ring (bicyclic) bond motifs is 1. The minimum absolute atomic E-state index is 0.0108. The molecule has 1 unspecified atom stereocenters. The summed E-state index contributed by atoms with van der Waals surface area (Å²) in [4.78, 5) is 35.6. The average molecular weight is 451 g/mol. The van der Waals surface area contributed by atoms with Crippen molar-refractivity contribution in [1.29, 1.82) is 0 Å². The number of rotatable bonds is 5. The van der Waals surface area contributed by atoms with Gasteiger partial charge in [0.25, 0.3) is 11.8 Å². The monoisotopic (exact) mass is 450 g/mol. The van der Waals surface area contributed by atoms with Gasteiger partial charge in [0.2, 0.25) is 6.10 Å². The van der Waals surface area contributed by atoms with Crippen LogP contribution < -0.4 is 20.3 Å². The lowest BCUT2D eigenvalue weighted by molar-refractivity contribution is -0.145. The number of carbonyl (C=O) groups is 3. The minimum Gasteiger partial charge on any atom is -0.485 e. The number of hydrogen-bond acceptors (Lipinski definition) is 6. The fourth-order valence-corrected chi connectivity index (χ4v) is 2.93. The molecule has 1 heterocycles. The lowest BCUT2D eigenvalue weighted by Crippen LogP contribution is -2.51. The number of para-hydroxylation sites is 2. The summed E-state index contributed by atoms with van der Waals surface area (Å²) >= 11 is 12.0. The Balaban J connectivity index is 1.41. The smallest absolute Gasteiger partial charge is 0.331 e. The van der Waals surface area contributed by atoms with E-state index in [4.69, 9.17) is 37.4 Å². The van der Waals surface area contributed by atoms with Crippen LogP contribution in [0.4, 0.5) is 0 Å². The molecule has 3 rings (SSSR count). The summed E-state index contributed by atoms with van der Waals surface area (Å²) in [6.45, 7) is -0.617. The van der Waals surface area contributed by atoms with E-state index in [-0.39, 0.29) is 6.61 Å². The maximum absolute atomic E-state index is 12.1. The molecule has 2 N–H and O–H groups in total. The molecule has 0 bridgehead atoms. The second-order valence-corrected chi connectivity index (χ2v) is 6.79. The first-order valence-corrected chi connectivity index (χ1v) is 9.45. The van der Waals surface area contributed by atoms with Gasteiger partial charge in [-0.15, -0.1) is 0 Å². The number of nitrogens with one attached hydrogen (secondary N) is 2. The number of amides is 2. The van der Waals surface area contributed by atoms with Crippen LogP contribution in [0.1, 0.15) is 5.56 Å². The van der Waals surface area contributed by atoms with Gasteiger partial charge in [-0.05, 0) is 30.3 Å². The molecular weight excluding hydrogens is 435 g/mol. The van der Waals surface area contributed by atoms with Crippen molar-refractivity contribution in [3.63, 3.8) is 0 Å². The molecule has 0 saturated heterocycles. The molecule has 1 aliphatic rings. The van der Waals surface area contributed by atoms with Crippen LogP contribution in [0.5, 0.6) is 11.5 Å². The van der Waals surface area contributed by atoms with Gasteiger partial charge >= 0.3 is 5.97 Å². The van der Waals surface area contributed by atoms with Gasteiger partial charge in [0, 0.05) is 21.7 Å². The molecular formula is C20H16Cl2N2O6. The molecule has 0 spiro atoms. The predicted molar refractivity (Wildman–Crippen MR) is 109 cm³/mol. The fourth-order valence-electron chi connectivity index (χ4n) is 2.40. The highest BCUT2D eigenvalue weighted by atomic mass is 35.5. The maximum Gasteiger partial charge on any atom is 0.331 e. The number of hydrogen-bond donors (Lipinski definition) is 2. The summed E-state index contributed by atoms with van der Waals surface area (Å²) in [5.74, 6) is -1.18. The molecule has 0 radical (unpaired) electrons. The Kier molecular flexibility index (Phi) is 7.16. The fraction of sp³-hybridized carbons (Fsp3) is 0.150. The van der Waals surface area contributed by atoms with E-state index in [1.54, 1.807) is 42.5 Å². The Morgan fingerprint density at radius 3 is 2.47 bits per heavy atom. The summed E-state index contributed by atoms with van der Waals surface area (Å²) in [7, 11) is 0. The summed E-state index contributed by atoms with van der Waals surface area (Å²) < 4.78 is 15.7. The highest BCUT2D eigenvalue weighted by molar-refractivity contribution is 6.37. The van der Waals surface area contributed by atoms with Crippen LogP contribution in [-0.4, -0.2) is 37.1 Å². The SMILES string of the molecule is O=C(COC(=O)/C=C/c1c(Cl)cccc1Cl)NNC(=O)C1COc2ccccc2O1. The van der Waals surface area contributed by atoms with Crippen molar-refractivity contribution in [2.24, 2.45) is 0 Å². The van der Waals surface area contributed by atoms with E-state index < -0.39 is 30.5 Å². The molecule has 8 nitrogen and oxygen atoms in total. The van der Waals surface area contributed by atoms with Crippen LogP contribution in [0.2, 0.25) is 10.0 Å². The highest BCUT2D eigenvalue weighted by Gasteiger charge is 2.27. The highest BCUT2D eigenvalue weighted by Crippen LogP contribution is 2.30. The first kappa shape index (κ1) is 21.5. The molecule has 2 aromatic carbocycles. The van der Waals surface area contributed by atoms with Crippen molar-refractivity contribution in [3.05, 3.63) is 64.1 Å². The molecule has 0 aromatic heterocycles. The number of hydrazine groups is 1. The van der Waals surface area contributed by atoms with Crippen molar-refractivity contribution >= 4 is 47.1 Å². The van der Waals surface area contributed by atoms with Crippen molar-refractivity contribution in [2.75, 3.05) is 13.2 Å². The Morgan fingerprint density at radius 2 is 1.73 bits per heavy atom. The Bertz CT molecular complexity index is 975. The summed E-state index contributed by atoms with van der Waals surface area (Å²) in [6, 6.07) is 11.8. The molecule has 0 saturated carbocycles. The van der Waals surface area contributed by atoms with Crippen LogP contribution >= 0.6 is 23.2 Å². The van der Waals surface area contributed by atoms with E-state index in [0.717, 1.165) is 6.08 Å². The van der Waals surface area contributed by atoms with Crippen LogP contribution in [0.25, 0.3) is 6.08 Å². The third kappa shape index (κ3) is 5.65. The zero-order valence-corrected chi connectivity index (χ0v) is 16.9. The van der Waals surface area contributed by atoms with Crippen molar-refractivity contribution in [1.82, 2.24) is 10.9 Å². The largest absolute Gasteiger partial charge is 0.485 e. The Labute approximate surface area is 181 Å². The van der Waals surface area contributed by atoms with Crippen LogP contribution in [0.3, 0.4) is 0 Å². The van der Waals surface area contributed by atoms with Crippen LogP contribution in [0.15, 0.2) is 48.5 Å². The molecule has 0 aliphatic carbocycles. The van der Waals surface area contributed by atoms with E-state index in [0.29, 0.717) is 27.1 Å². The lowest BCUT2D eigenvalue weighted by Gasteiger charge is -2.25.